The minimum atomic E-state index is -0.527. The number of furan rings is 1. The molecular weight excluding hydrogens is 789 g/mol. The maximum atomic E-state index is 6.16. The van der Waals surface area contributed by atoms with Gasteiger partial charge in [-0.15, -0.1) is 0 Å². The Labute approximate surface area is 378 Å². The summed E-state index contributed by atoms with van der Waals surface area (Å²) in [6.07, 6.45) is 0. The van der Waals surface area contributed by atoms with Gasteiger partial charge in [0.15, 0.2) is 5.82 Å². The van der Waals surface area contributed by atoms with Crippen LogP contribution in [-0.4, -0.2) is 9.97 Å². The van der Waals surface area contributed by atoms with Gasteiger partial charge in [0.1, 0.15) is 11.2 Å². The Morgan fingerprint density at radius 3 is 1.68 bits per heavy atom. The van der Waals surface area contributed by atoms with Crippen molar-refractivity contribution in [3.63, 3.8) is 0 Å². The van der Waals surface area contributed by atoms with Gasteiger partial charge >= 0.3 is 0 Å². The SMILES string of the molecule is CC1(C)c2ccccc2-c2c(-c3nc(-c4ccc(-c5ccc6oc7ccccc7c6c5)cc4)cc(-c4ccc5c(c4)C(c4ccccc4)(c4ccccc4)c4ccccc4-5)n3)cccc21. The highest BCUT2D eigenvalue weighted by Crippen LogP contribution is 2.57. The Morgan fingerprint density at radius 1 is 0.354 bits per heavy atom. The monoisotopic (exact) mass is 830 g/mol. The van der Waals surface area contributed by atoms with Crippen molar-refractivity contribution in [2.75, 3.05) is 0 Å². The molecule has 0 saturated carbocycles. The van der Waals surface area contributed by atoms with Crippen molar-refractivity contribution in [1.82, 2.24) is 9.97 Å². The van der Waals surface area contributed by atoms with Crippen LogP contribution < -0.4 is 0 Å². The van der Waals surface area contributed by atoms with E-state index >= 15 is 0 Å². The Bertz CT molecular complexity index is 3640. The Morgan fingerprint density at radius 2 is 0.908 bits per heavy atom. The van der Waals surface area contributed by atoms with E-state index in [9.17, 15) is 0 Å². The first-order valence-electron chi connectivity index (χ1n) is 22.5. The lowest BCUT2D eigenvalue weighted by molar-refractivity contribution is 0.660. The fourth-order valence-electron chi connectivity index (χ4n) is 11.1. The van der Waals surface area contributed by atoms with Crippen LogP contribution in [-0.2, 0) is 10.8 Å². The Balaban J connectivity index is 1.01. The second-order valence-electron chi connectivity index (χ2n) is 18.0. The van der Waals surface area contributed by atoms with Crippen LogP contribution in [0.25, 0.3) is 89.2 Å². The summed E-state index contributed by atoms with van der Waals surface area (Å²) in [5.74, 6) is 0.712. The highest BCUT2D eigenvalue weighted by Gasteiger charge is 2.46. The second kappa shape index (κ2) is 14.2. The summed E-state index contributed by atoms with van der Waals surface area (Å²) in [5, 5.41) is 2.24. The summed E-state index contributed by atoms with van der Waals surface area (Å²) in [6, 6.07) is 79.0. The van der Waals surface area contributed by atoms with Gasteiger partial charge in [-0.3, -0.25) is 0 Å². The van der Waals surface area contributed by atoms with Crippen molar-refractivity contribution in [3.8, 4) is 67.3 Å². The van der Waals surface area contributed by atoms with E-state index in [0.29, 0.717) is 5.82 Å². The zero-order valence-corrected chi connectivity index (χ0v) is 36.1. The second-order valence-corrected chi connectivity index (χ2v) is 18.0. The van der Waals surface area contributed by atoms with Crippen molar-refractivity contribution >= 4 is 21.9 Å². The lowest BCUT2D eigenvalue weighted by Gasteiger charge is -2.34. The lowest BCUT2D eigenvalue weighted by atomic mass is 9.67. The average Bonchev–Trinajstić information content (AvgIpc) is 3.97. The molecule has 13 rings (SSSR count). The molecule has 0 spiro atoms. The Kier molecular flexibility index (Phi) is 8.17. The third-order valence-corrected chi connectivity index (χ3v) is 14.2. The van der Waals surface area contributed by atoms with Crippen LogP contribution >= 0.6 is 0 Å². The molecule has 9 aromatic carbocycles. The smallest absolute Gasteiger partial charge is 0.161 e. The molecule has 0 radical (unpaired) electrons. The summed E-state index contributed by atoms with van der Waals surface area (Å²) in [4.78, 5) is 11.0. The van der Waals surface area contributed by atoms with E-state index in [1.165, 1.54) is 55.6 Å². The van der Waals surface area contributed by atoms with E-state index in [1.807, 2.05) is 12.1 Å². The van der Waals surface area contributed by atoms with Crippen LogP contribution in [0, 0.1) is 0 Å². The van der Waals surface area contributed by atoms with Crippen LogP contribution in [0.4, 0.5) is 0 Å². The van der Waals surface area contributed by atoms with Gasteiger partial charge in [-0.2, -0.15) is 0 Å². The molecule has 2 aliphatic rings. The van der Waals surface area contributed by atoms with Gasteiger partial charge in [-0.05, 0) is 97.1 Å². The molecule has 0 fully saturated rings. The molecule has 3 nitrogen and oxygen atoms in total. The number of rotatable bonds is 6. The zero-order valence-electron chi connectivity index (χ0n) is 36.1. The first kappa shape index (κ1) is 37.4. The molecule has 3 heteroatoms. The quantitative estimate of drug-likeness (QED) is 0.168. The van der Waals surface area contributed by atoms with Crippen LogP contribution in [0.2, 0.25) is 0 Å². The number of hydrogen-bond donors (Lipinski definition) is 0. The molecule has 306 valence electrons. The van der Waals surface area contributed by atoms with Crippen molar-refractivity contribution in [2.24, 2.45) is 0 Å². The van der Waals surface area contributed by atoms with Gasteiger partial charge in [-0.1, -0.05) is 202 Å². The van der Waals surface area contributed by atoms with Gasteiger partial charge in [0.05, 0.1) is 16.8 Å². The molecule has 0 bridgehead atoms. The molecule has 0 saturated heterocycles. The molecule has 11 aromatic rings. The van der Waals surface area contributed by atoms with Gasteiger partial charge in [-0.25, -0.2) is 9.97 Å². The number of para-hydroxylation sites is 1. The predicted molar refractivity (Wildman–Crippen MR) is 266 cm³/mol. The van der Waals surface area contributed by atoms with E-state index in [0.717, 1.165) is 61.1 Å². The van der Waals surface area contributed by atoms with E-state index in [-0.39, 0.29) is 5.41 Å². The number of benzene rings is 9. The molecule has 0 aliphatic heterocycles. The fourth-order valence-corrected chi connectivity index (χ4v) is 11.1. The summed E-state index contributed by atoms with van der Waals surface area (Å²) >= 11 is 0. The highest BCUT2D eigenvalue weighted by molar-refractivity contribution is 6.06. The number of fused-ring (bicyclic) bond motifs is 9. The third-order valence-electron chi connectivity index (χ3n) is 14.2. The highest BCUT2D eigenvalue weighted by atomic mass is 16.3. The normalized spacial score (nSPS) is 13.9. The van der Waals surface area contributed by atoms with Gasteiger partial charge in [0, 0.05) is 32.9 Å². The van der Waals surface area contributed by atoms with Crippen molar-refractivity contribution in [2.45, 2.75) is 24.7 Å². The van der Waals surface area contributed by atoms with Gasteiger partial charge < -0.3 is 4.42 Å². The minimum Gasteiger partial charge on any atom is -0.456 e. The molecule has 0 amide bonds. The van der Waals surface area contributed by atoms with Crippen molar-refractivity contribution < 1.29 is 4.42 Å². The lowest BCUT2D eigenvalue weighted by Crippen LogP contribution is -2.28. The number of aromatic nitrogens is 2. The van der Waals surface area contributed by atoms with Gasteiger partial charge in [0.2, 0.25) is 0 Å². The summed E-state index contributed by atoms with van der Waals surface area (Å²) < 4.78 is 6.16. The predicted octanol–water partition coefficient (Wildman–Crippen LogP) is 15.7. The van der Waals surface area contributed by atoms with Crippen LogP contribution in [0.15, 0.2) is 223 Å². The standard InChI is InChI=1S/C62H42N2O/c1-61(2)51-24-12-10-22-48(51)59-49(23-15-26-53(59)61)60-63-55(40-30-28-39(29-31-40)41-33-35-58-50(36-41)47-21-11-14-27-57(47)65-58)38-56(64-60)42-32-34-46-45-20-9-13-25-52(45)62(54(46)37-42,43-16-5-3-6-17-43)44-18-7-4-8-19-44/h3-38H,1-2H3. The first-order valence-corrected chi connectivity index (χ1v) is 22.5. The van der Waals surface area contributed by atoms with E-state index < -0.39 is 5.41 Å². The van der Waals surface area contributed by atoms with Crippen LogP contribution in [0.1, 0.15) is 47.2 Å². The molecule has 2 aliphatic carbocycles. The van der Waals surface area contributed by atoms with Crippen LogP contribution in [0.5, 0.6) is 0 Å². The third kappa shape index (κ3) is 5.55. The van der Waals surface area contributed by atoms with E-state index in [4.69, 9.17) is 14.4 Å². The van der Waals surface area contributed by atoms with Crippen LogP contribution in [0.3, 0.4) is 0 Å². The summed E-state index contributed by atoms with van der Waals surface area (Å²) in [5.41, 5.74) is 20.8. The van der Waals surface area contributed by atoms with Crippen molar-refractivity contribution in [1.29, 1.82) is 0 Å². The largest absolute Gasteiger partial charge is 0.456 e. The number of nitrogens with zero attached hydrogens (tertiary/aromatic N) is 2. The maximum Gasteiger partial charge on any atom is 0.161 e. The molecule has 2 aromatic heterocycles. The first-order chi connectivity index (χ1) is 32.0. The minimum absolute atomic E-state index is 0.156. The summed E-state index contributed by atoms with van der Waals surface area (Å²) in [7, 11) is 0. The molecule has 0 unspecified atom stereocenters. The molecular formula is C62H42N2O. The fraction of sp³-hybridized carbons (Fsp3) is 0.0645. The van der Waals surface area contributed by atoms with E-state index in [2.05, 4.69) is 220 Å². The van der Waals surface area contributed by atoms with Gasteiger partial charge in [0.25, 0.3) is 0 Å². The Hall–Kier alpha value is -8.14. The van der Waals surface area contributed by atoms with Crippen molar-refractivity contribution in [3.05, 3.63) is 252 Å². The molecule has 0 atom stereocenters. The maximum absolute atomic E-state index is 6.16. The molecule has 65 heavy (non-hydrogen) atoms. The van der Waals surface area contributed by atoms with E-state index in [1.54, 1.807) is 0 Å². The zero-order chi connectivity index (χ0) is 43.3. The summed E-state index contributed by atoms with van der Waals surface area (Å²) in [6.45, 7) is 4.65. The molecule has 2 heterocycles. The molecule has 0 N–H and O–H groups in total. The average molecular weight is 831 g/mol. The topological polar surface area (TPSA) is 38.9 Å². The number of hydrogen-bond acceptors (Lipinski definition) is 3.